The fraction of sp³-hybridized carbons (Fsp3) is 0.154. The molecule has 0 spiro atoms. The maximum absolute atomic E-state index is 11.5. The van der Waals surface area contributed by atoms with Gasteiger partial charge in [-0.15, -0.1) is 0 Å². The topological polar surface area (TPSA) is 104 Å². The third kappa shape index (κ3) is 4.28. The summed E-state index contributed by atoms with van der Waals surface area (Å²) in [5.74, 6) is -1.25. The zero-order valence-corrected chi connectivity index (χ0v) is 12.5. The van der Waals surface area contributed by atoms with Crippen LogP contribution in [0.3, 0.4) is 0 Å². The molecule has 8 heteroatoms. The highest BCUT2D eigenvalue weighted by Crippen LogP contribution is 2.26. The van der Waals surface area contributed by atoms with E-state index < -0.39 is 12.0 Å². The molecule has 1 unspecified atom stereocenters. The van der Waals surface area contributed by atoms with E-state index in [1.54, 1.807) is 18.2 Å². The molecule has 1 aliphatic heterocycles. The highest BCUT2D eigenvalue weighted by Gasteiger charge is 2.21. The Morgan fingerprint density at radius 2 is 2.14 bits per heavy atom. The van der Waals surface area contributed by atoms with Gasteiger partial charge < -0.3 is 21.5 Å². The molecule has 0 aliphatic carbocycles. The summed E-state index contributed by atoms with van der Waals surface area (Å²) in [5.41, 5.74) is 7.01. The minimum atomic E-state index is -1.05. The number of carbonyl (C=O) groups is 2. The lowest BCUT2D eigenvalue weighted by molar-refractivity contribution is -0.138. The SMILES string of the molecule is NC(CNc1ccc(/C=C2\SC(=S)NC2=O)cc1)C(=O)O. The van der Waals surface area contributed by atoms with Crippen molar-refractivity contribution in [2.45, 2.75) is 6.04 Å². The largest absolute Gasteiger partial charge is 0.480 e. The summed E-state index contributed by atoms with van der Waals surface area (Å²) in [7, 11) is 0. The lowest BCUT2D eigenvalue weighted by Crippen LogP contribution is -2.36. The van der Waals surface area contributed by atoms with Crippen molar-refractivity contribution < 1.29 is 14.7 Å². The third-order valence-electron chi connectivity index (χ3n) is 2.69. The van der Waals surface area contributed by atoms with Crippen LogP contribution >= 0.6 is 24.0 Å². The van der Waals surface area contributed by atoms with Gasteiger partial charge in [-0.2, -0.15) is 0 Å². The summed E-state index contributed by atoms with van der Waals surface area (Å²) in [6.45, 7) is 0.141. The first-order valence-electron chi connectivity index (χ1n) is 6.03. The zero-order valence-electron chi connectivity index (χ0n) is 10.8. The maximum atomic E-state index is 11.5. The van der Waals surface area contributed by atoms with Crippen LogP contribution in [0.1, 0.15) is 5.56 Å². The van der Waals surface area contributed by atoms with Crippen LogP contribution in [0.2, 0.25) is 0 Å². The van der Waals surface area contributed by atoms with Gasteiger partial charge in [0.25, 0.3) is 5.91 Å². The van der Waals surface area contributed by atoms with Gasteiger partial charge in [0.15, 0.2) is 0 Å². The lowest BCUT2D eigenvalue weighted by atomic mass is 10.2. The number of carboxylic acids is 1. The minimum absolute atomic E-state index is 0.141. The molecule has 0 bridgehead atoms. The molecule has 1 amide bonds. The summed E-state index contributed by atoms with van der Waals surface area (Å²) in [6.07, 6.45) is 1.74. The summed E-state index contributed by atoms with van der Waals surface area (Å²) in [4.78, 5) is 22.7. The number of hydrogen-bond donors (Lipinski definition) is 4. The Labute approximate surface area is 130 Å². The molecule has 5 N–H and O–H groups in total. The van der Waals surface area contributed by atoms with Crippen LogP contribution in [-0.4, -0.2) is 33.9 Å². The first kappa shape index (κ1) is 15.5. The van der Waals surface area contributed by atoms with Gasteiger partial charge in [-0.1, -0.05) is 36.1 Å². The number of nitrogens with one attached hydrogen (secondary N) is 2. The lowest BCUT2D eigenvalue weighted by Gasteiger charge is -2.09. The number of carboxylic acid groups (broad SMARTS) is 1. The molecule has 21 heavy (non-hydrogen) atoms. The quantitative estimate of drug-likeness (QED) is 0.473. The van der Waals surface area contributed by atoms with Gasteiger partial charge in [0.2, 0.25) is 0 Å². The number of rotatable bonds is 5. The van der Waals surface area contributed by atoms with Crippen LogP contribution in [0.15, 0.2) is 29.2 Å². The molecule has 0 radical (unpaired) electrons. The summed E-state index contributed by atoms with van der Waals surface area (Å²) < 4.78 is 0.451. The van der Waals surface area contributed by atoms with Gasteiger partial charge in [0, 0.05) is 12.2 Å². The molecule has 0 aromatic heterocycles. The Kier molecular flexibility index (Phi) is 4.94. The van der Waals surface area contributed by atoms with Crippen LogP contribution in [0.4, 0.5) is 5.69 Å². The number of thiocarbonyl (C=S) groups is 1. The van der Waals surface area contributed by atoms with Crippen molar-refractivity contribution in [3.05, 3.63) is 34.7 Å². The Bertz CT molecular complexity index is 614. The number of hydrogen-bond acceptors (Lipinski definition) is 6. The standard InChI is InChI=1S/C13H13N3O3S2/c14-9(12(18)19)6-15-8-3-1-7(2-4-8)5-10-11(17)16-13(20)21-10/h1-5,9,15H,6,14H2,(H,18,19)(H,16,17,20)/b10-5-. The van der Waals surface area contributed by atoms with Crippen molar-refractivity contribution in [1.82, 2.24) is 5.32 Å². The van der Waals surface area contributed by atoms with E-state index in [1.807, 2.05) is 12.1 Å². The Morgan fingerprint density at radius 1 is 1.48 bits per heavy atom. The maximum Gasteiger partial charge on any atom is 0.322 e. The molecule has 1 heterocycles. The highest BCUT2D eigenvalue weighted by molar-refractivity contribution is 8.26. The summed E-state index contributed by atoms with van der Waals surface area (Å²) in [6, 6.07) is 6.26. The summed E-state index contributed by atoms with van der Waals surface area (Å²) in [5, 5.41) is 14.2. The predicted molar refractivity (Wildman–Crippen MR) is 86.9 cm³/mol. The Balaban J connectivity index is 1.99. The molecule has 110 valence electrons. The van der Waals surface area contributed by atoms with Crippen molar-refractivity contribution in [2.24, 2.45) is 5.73 Å². The van der Waals surface area contributed by atoms with E-state index in [9.17, 15) is 9.59 Å². The first-order chi connectivity index (χ1) is 9.95. The van der Waals surface area contributed by atoms with Gasteiger partial charge in [0.1, 0.15) is 10.4 Å². The second-order valence-corrected chi connectivity index (χ2v) is 6.02. The number of anilines is 1. The molecule has 2 rings (SSSR count). The second-order valence-electron chi connectivity index (χ2n) is 4.30. The van der Waals surface area contributed by atoms with Crippen molar-refractivity contribution >= 4 is 51.9 Å². The molecule has 1 aliphatic rings. The van der Waals surface area contributed by atoms with E-state index in [-0.39, 0.29) is 12.5 Å². The zero-order chi connectivity index (χ0) is 15.4. The average molecular weight is 323 g/mol. The van der Waals surface area contributed by atoms with Crippen molar-refractivity contribution in [3.63, 3.8) is 0 Å². The highest BCUT2D eigenvalue weighted by atomic mass is 32.2. The molecule has 1 fully saturated rings. The van der Waals surface area contributed by atoms with E-state index in [2.05, 4.69) is 10.6 Å². The number of nitrogens with two attached hydrogens (primary N) is 1. The molecular weight excluding hydrogens is 310 g/mol. The van der Waals surface area contributed by atoms with Crippen molar-refractivity contribution in [3.8, 4) is 0 Å². The summed E-state index contributed by atoms with van der Waals surface area (Å²) >= 11 is 6.13. The van der Waals surface area contributed by atoms with Gasteiger partial charge in [-0.3, -0.25) is 9.59 Å². The average Bonchev–Trinajstić information content (AvgIpc) is 2.75. The van der Waals surface area contributed by atoms with Crippen LogP contribution in [0, 0.1) is 0 Å². The number of aliphatic carboxylic acids is 1. The van der Waals surface area contributed by atoms with E-state index in [0.29, 0.717) is 9.23 Å². The Hall–Kier alpha value is -1.90. The fourth-order valence-electron chi connectivity index (χ4n) is 1.58. The smallest absolute Gasteiger partial charge is 0.322 e. The van der Waals surface area contributed by atoms with E-state index in [0.717, 1.165) is 11.3 Å². The van der Waals surface area contributed by atoms with Gasteiger partial charge in [-0.05, 0) is 23.8 Å². The van der Waals surface area contributed by atoms with Crippen LogP contribution < -0.4 is 16.4 Å². The predicted octanol–water partition coefficient (Wildman–Crippen LogP) is 0.999. The minimum Gasteiger partial charge on any atom is -0.480 e. The van der Waals surface area contributed by atoms with E-state index >= 15 is 0 Å². The number of benzene rings is 1. The number of carbonyl (C=O) groups excluding carboxylic acids is 1. The molecule has 6 nitrogen and oxygen atoms in total. The van der Waals surface area contributed by atoms with Gasteiger partial charge in [0.05, 0.1) is 4.91 Å². The van der Waals surface area contributed by atoms with Crippen LogP contribution in [0.25, 0.3) is 6.08 Å². The van der Waals surface area contributed by atoms with Gasteiger partial charge in [-0.25, -0.2) is 0 Å². The first-order valence-corrected chi connectivity index (χ1v) is 7.25. The molecule has 1 atom stereocenters. The Morgan fingerprint density at radius 3 is 2.67 bits per heavy atom. The van der Waals surface area contributed by atoms with Crippen molar-refractivity contribution in [1.29, 1.82) is 0 Å². The van der Waals surface area contributed by atoms with Crippen LogP contribution in [0.5, 0.6) is 0 Å². The molecular formula is C13H13N3O3S2. The third-order valence-corrected chi connectivity index (χ3v) is 3.86. The number of thioether (sulfide) groups is 1. The van der Waals surface area contributed by atoms with E-state index in [4.69, 9.17) is 23.1 Å². The monoisotopic (exact) mass is 323 g/mol. The number of amides is 1. The molecule has 1 aromatic carbocycles. The fourth-order valence-corrected chi connectivity index (χ4v) is 2.63. The van der Waals surface area contributed by atoms with Gasteiger partial charge >= 0.3 is 5.97 Å². The molecule has 1 aromatic rings. The van der Waals surface area contributed by atoms with E-state index in [1.165, 1.54) is 11.8 Å². The molecule has 1 saturated heterocycles. The van der Waals surface area contributed by atoms with Crippen LogP contribution in [-0.2, 0) is 9.59 Å². The molecule has 0 saturated carbocycles. The second kappa shape index (κ2) is 6.70. The normalized spacial score (nSPS) is 17.7. The van der Waals surface area contributed by atoms with Crippen molar-refractivity contribution in [2.75, 3.05) is 11.9 Å².